The van der Waals surface area contributed by atoms with E-state index in [-0.39, 0.29) is 0 Å². The van der Waals surface area contributed by atoms with Crippen LogP contribution in [0.3, 0.4) is 0 Å². The van der Waals surface area contributed by atoms with E-state index in [0.717, 1.165) is 22.4 Å². The first-order chi connectivity index (χ1) is 9.79. The van der Waals surface area contributed by atoms with Gasteiger partial charge in [-0.1, -0.05) is 47.6 Å². The van der Waals surface area contributed by atoms with E-state index in [9.17, 15) is 0 Å². The summed E-state index contributed by atoms with van der Waals surface area (Å²) in [4.78, 5) is 0. The molecule has 0 amide bonds. The maximum Gasteiger partial charge on any atom is 0.176 e. The van der Waals surface area contributed by atoms with Gasteiger partial charge in [0.2, 0.25) is 0 Å². The molecule has 0 aliphatic rings. The Morgan fingerprint density at radius 3 is 2.30 bits per heavy atom. The van der Waals surface area contributed by atoms with Gasteiger partial charge in [-0.15, -0.1) is 0 Å². The smallest absolute Gasteiger partial charge is 0.176 e. The molecule has 0 atom stereocenters. The SMILES string of the molecule is COc1ccc(-c2c(N)noc2-c2ccccc2)cc1. The molecule has 0 aliphatic carbocycles. The fourth-order valence-corrected chi connectivity index (χ4v) is 2.13. The lowest BCUT2D eigenvalue weighted by atomic mass is 10.0. The molecule has 1 aromatic heterocycles. The number of nitrogens with two attached hydrogens (primary N) is 1. The molecule has 0 radical (unpaired) electrons. The highest BCUT2D eigenvalue weighted by Gasteiger charge is 2.17. The molecule has 0 unspecified atom stereocenters. The van der Waals surface area contributed by atoms with Gasteiger partial charge in [0, 0.05) is 5.56 Å². The molecular weight excluding hydrogens is 252 g/mol. The van der Waals surface area contributed by atoms with Crippen LogP contribution in [-0.2, 0) is 0 Å². The van der Waals surface area contributed by atoms with E-state index in [4.69, 9.17) is 15.0 Å². The van der Waals surface area contributed by atoms with Crippen molar-refractivity contribution in [2.45, 2.75) is 0 Å². The van der Waals surface area contributed by atoms with E-state index in [1.165, 1.54) is 0 Å². The van der Waals surface area contributed by atoms with Crippen molar-refractivity contribution in [1.29, 1.82) is 0 Å². The minimum atomic E-state index is 0.383. The number of hydrogen-bond donors (Lipinski definition) is 1. The zero-order chi connectivity index (χ0) is 13.9. The molecule has 2 aromatic carbocycles. The van der Waals surface area contributed by atoms with E-state index >= 15 is 0 Å². The van der Waals surface area contributed by atoms with E-state index in [1.807, 2.05) is 54.6 Å². The lowest BCUT2D eigenvalue weighted by molar-refractivity contribution is 0.415. The van der Waals surface area contributed by atoms with E-state index < -0.39 is 0 Å². The number of nitrogens with zero attached hydrogens (tertiary/aromatic N) is 1. The van der Waals surface area contributed by atoms with Crippen molar-refractivity contribution in [3.8, 4) is 28.2 Å². The number of hydrogen-bond acceptors (Lipinski definition) is 4. The van der Waals surface area contributed by atoms with Crippen LogP contribution >= 0.6 is 0 Å². The monoisotopic (exact) mass is 266 g/mol. The highest BCUT2D eigenvalue weighted by Crippen LogP contribution is 2.36. The molecule has 0 aliphatic heterocycles. The number of anilines is 1. The Morgan fingerprint density at radius 1 is 0.950 bits per heavy atom. The van der Waals surface area contributed by atoms with Gasteiger partial charge in [-0.25, -0.2) is 0 Å². The molecule has 4 nitrogen and oxygen atoms in total. The standard InChI is InChI=1S/C16H14N2O2/c1-19-13-9-7-11(8-10-13)14-15(20-18-16(14)17)12-5-3-2-4-6-12/h2-10H,1H3,(H2,17,18). The second-order valence-electron chi connectivity index (χ2n) is 4.37. The molecule has 3 rings (SSSR count). The Kier molecular flexibility index (Phi) is 3.13. The largest absolute Gasteiger partial charge is 0.497 e. The summed E-state index contributed by atoms with van der Waals surface area (Å²) in [5, 5.41) is 3.88. The highest BCUT2D eigenvalue weighted by atomic mass is 16.5. The first-order valence-electron chi connectivity index (χ1n) is 6.24. The van der Waals surface area contributed by atoms with E-state index in [0.29, 0.717) is 11.6 Å². The van der Waals surface area contributed by atoms with Crippen molar-refractivity contribution in [2.75, 3.05) is 12.8 Å². The van der Waals surface area contributed by atoms with Crippen molar-refractivity contribution in [3.63, 3.8) is 0 Å². The molecule has 4 heteroatoms. The third-order valence-corrected chi connectivity index (χ3v) is 3.13. The topological polar surface area (TPSA) is 61.3 Å². The number of nitrogen functional groups attached to an aromatic ring is 1. The lowest BCUT2D eigenvalue weighted by Crippen LogP contribution is -1.89. The Morgan fingerprint density at radius 2 is 1.65 bits per heavy atom. The first-order valence-corrected chi connectivity index (χ1v) is 6.24. The van der Waals surface area contributed by atoms with Crippen molar-refractivity contribution in [3.05, 3.63) is 54.6 Å². The molecule has 20 heavy (non-hydrogen) atoms. The average molecular weight is 266 g/mol. The van der Waals surface area contributed by atoms with Gasteiger partial charge in [0.05, 0.1) is 12.7 Å². The van der Waals surface area contributed by atoms with Crippen LogP contribution in [0.25, 0.3) is 22.5 Å². The second-order valence-corrected chi connectivity index (χ2v) is 4.37. The van der Waals surface area contributed by atoms with Gasteiger partial charge >= 0.3 is 0 Å². The van der Waals surface area contributed by atoms with Crippen LogP contribution in [0, 0.1) is 0 Å². The Bertz CT molecular complexity index is 703. The fraction of sp³-hybridized carbons (Fsp3) is 0.0625. The summed E-state index contributed by atoms with van der Waals surface area (Å²) in [6, 6.07) is 17.4. The van der Waals surface area contributed by atoms with Gasteiger partial charge in [0.25, 0.3) is 0 Å². The predicted molar refractivity (Wildman–Crippen MR) is 78.3 cm³/mol. The molecule has 100 valence electrons. The summed E-state index contributed by atoms with van der Waals surface area (Å²) >= 11 is 0. The maximum absolute atomic E-state index is 5.95. The van der Waals surface area contributed by atoms with Crippen molar-refractivity contribution in [1.82, 2.24) is 5.16 Å². The zero-order valence-electron chi connectivity index (χ0n) is 11.0. The second kappa shape index (κ2) is 5.09. The van der Waals surface area contributed by atoms with Crippen molar-refractivity contribution >= 4 is 5.82 Å². The molecule has 2 N–H and O–H groups in total. The van der Waals surface area contributed by atoms with Gasteiger partial charge in [0.1, 0.15) is 5.75 Å². The molecule has 0 spiro atoms. The van der Waals surface area contributed by atoms with E-state index in [2.05, 4.69) is 5.16 Å². The van der Waals surface area contributed by atoms with Gasteiger partial charge < -0.3 is 15.0 Å². The maximum atomic E-state index is 5.95. The van der Waals surface area contributed by atoms with Crippen LogP contribution in [-0.4, -0.2) is 12.3 Å². The number of aromatic nitrogens is 1. The highest BCUT2D eigenvalue weighted by molar-refractivity contribution is 5.86. The summed E-state index contributed by atoms with van der Waals surface area (Å²) in [5.41, 5.74) is 8.64. The third-order valence-electron chi connectivity index (χ3n) is 3.13. The molecule has 0 saturated carbocycles. The molecule has 0 saturated heterocycles. The summed E-state index contributed by atoms with van der Waals surface area (Å²) < 4.78 is 10.5. The lowest BCUT2D eigenvalue weighted by Gasteiger charge is -2.04. The molecular formula is C16H14N2O2. The molecule has 0 bridgehead atoms. The molecule has 0 fully saturated rings. The number of methoxy groups -OCH3 is 1. The van der Waals surface area contributed by atoms with Crippen LogP contribution in [0.4, 0.5) is 5.82 Å². The summed E-state index contributed by atoms with van der Waals surface area (Å²) in [5.74, 6) is 1.85. The van der Waals surface area contributed by atoms with Gasteiger partial charge in [-0.05, 0) is 17.7 Å². The molecule has 1 heterocycles. The Hall–Kier alpha value is -2.75. The Labute approximate surface area is 116 Å². The van der Waals surface area contributed by atoms with Crippen LogP contribution < -0.4 is 10.5 Å². The minimum Gasteiger partial charge on any atom is -0.497 e. The van der Waals surface area contributed by atoms with Crippen molar-refractivity contribution in [2.24, 2.45) is 0 Å². The molecule has 3 aromatic rings. The van der Waals surface area contributed by atoms with Gasteiger partial charge in [0.15, 0.2) is 11.6 Å². The third kappa shape index (κ3) is 2.12. The van der Waals surface area contributed by atoms with Crippen LogP contribution in [0.5, 0.6) is 5.75 Å². The summed E-state index contributed by atoms with van der Waals surface area (Å²) in [6.45, 7) is 0. The summed E-state index contributed by atoms with van der Waals surface area (Å²) in [7, 11) is 1.64. The fourth-order valence-electron chi connectivity index (χ4n) is 2.13. The zero-order valence-corrected chi connectivity index (χ0v) is 11.0. The minimum absolute atomic E-state index is 0.383. The number of rotatable bonds is 3. The van der Waals surface area contributed by atoms with Crippen molar-refractivity contribution < 1.29 is 9.26 Å². The van der Waals surface area contributed by atoms with Gasteiger partial charge in [-0.2, -0.15) is 0 Å². The van der Waals surface area contributed by atoms with E-state index in [1.54, 1.807) is 7.11 Å². The van der Waals surface area contributed by atoms with Crippen LogP contribution in [0.1, 0.15) is 0 Å². The normalized spacial score (nSPS) is 10.4. The van der Waals surface area contributed by atoms with Crippen LogP contribution in [0.15, 0.2) is 59.1 Å². The predicted octanol–water partition coefficient (Wildman–Crippen LogP) is 3.60. The number of ether oxygens (including phenoxy) is 1. The first kappa shape index (κ1) is 12.3. The quantitative estimate of drug-likeness (QED) is 0.786. The summed E-state index contributed by atoms with van der Waals surface area (Å²) in [6.07, 6.45) is 0. The van der Waals surface area contributed by atoms with Crippen LogP contribution in [0.2, 0.25) is 0 Å². The Balaban J connectivity index is 2.11. The average Bonchev–Trinajstić information content (AvgIpc) is 2.90. The number of benzene rings is 2. The van der Waals surface area contributed by atoms with Gasteiger partial charge in [-0.3, -0.25) is 0 Å².